The summed E-state index contributed by atoms with van der Waals surface area (Å²) in [5.74, 6) is -1.26. The number of halogens is 3. The molecule has 16 heavy (non-hydrogen) atoms. The second-order valence-corrected chi connectivity index (χ2v) is 5.73. The van der Waals surface area contributed by atoms with E-state index in [4.69, 9.17) is 39.9 Å². The number of hydrogen-bond donors (Lipinski definition) is 2. The highest BCUT2D eigenvalue weighted by molar-refractivity contribution is 6.67. The van der Waals surface area contributed by atoms with E-state index in [2.05, 4.69) is 9.57 Å². The molecular formula is C7H10Cl3NO5. The van der Waals surface area contributed by atoms with Crippen LogP contribution in [0.25, 0.3) is 0 Å². The van der Waals surface area contributed by atoms with Gasteiger partial charge in [0.05, 0.1) is 0 Å². The van der Waals surface area contributed by atoms with Crippen molar-refractivity contribution in [3.05, 3.63) is 0 Å². The maximum atomic E-state index is 10.9. The van der Waals surface area contributed by atoms with Gasteiger partial charge < -0.3 is 9.84 Å². The Bertz CT molecular complexity index is 276. The summed E-state index contributed by atoms with van der Waals surface area (Å²) in [6, 6.07) is 0. The molecule has 0 atom stereocenters. The zero-order chi connectivity index (χ0) is 13.0. The quantitative estimate of drug-likeness (QED) is 0.611. The van der Waals surface area contributed by atoms with Crippen molar-refractivity contribution in [3.63, 3.8) is 0 Å². The van der Waals surface area contributed by atoms with Crippen LogP contribution in [0.3, 0.4) is 0 Å². The van der Waals surface area contributed by atoms with Crippen LogP contribution in [0.2, 0.25) is 0 Å². The molecule has 0 radical (unpaired) electrons. The number of ether oxygens (including phenoxy) is 1. The number of alkyl halides is 3. The number of hydrogen-bond acceptors (Lipinski definition) is 4. The van der Waals surface area contributed by atoms with Gasteiger partial charge in [-0.1, -0.05) is 34.8 Å². The highest BCUT2D eigenvalue weighted by Gasteiger charge is 2.30. The van der Waals surface area contributed by atoms with Crippen molar-refractivity contribution in [2.75, 3.05) is 6.61 Å². The van der Waals surface area contributed by atoms with Crippen molar-refractivity contribution in [3.8, 4) is 0 Å². The van der Waals surface area contributed by atoms with Gasteiger partial charge >= 0.3 is 12.1 Å². The molecule has 0 aromatic heterocycles. The molecule has 0 aliphatic rings. The lowest BCUT2D eigenvalue weighted by molar-refractivity contribution is -0.168. The van der Waals surface area contributed by atoms with E-state index in [1.807, 2.05) is 0 Å². The van der Waals surface area contributed by atoms with E-state index in [9.17, 15) is 9.59 Å². The van der Waals surface area contributed by atoms with Gasteiger partial charge in [0.15, 0.2) is 5.60 Å². The summed E-state index contributed by atoms with van der Waals surface area (Å²) in [6.07, 6.45) is -1.05. The molecular weight excluding hydrogens is 284 g/mol. The average Bonchev–Trinajstić information content (AvgIpc) is 2.10. The van der Waals surface area contributed by atoms with E-state index >= 15 is 0 Å². The van der Waals surface area contributed by atoms with Gasteiger partial charge in [-0.3, -0.25) is 4.84 Å². The van der Waals surface area contributed by atoms with Crippen LogP contribution < -0.4 is 5.48 Å². The van der Waals surface area contributed by atoms with Crippen molar-refractivity contribution >= 4 is 46.9 Å². The van der Waals surface area contributed by atoms with E-state index in [0.717, 1.165) is 0 Å². The van der Waals surface area contributed by atoms with Crippen molar-refractivity contribution in [2.45, 2.75) is 23.2 Å². The fourth-order valence-electron chi connectivity index (χ4n) is 0.390. The van der Waals surface area contributed by atoms with Gasteiger partial charge in [-0.2, -0.15) is 5.48 Å². The zero-order valence-corrected chi connectivity index (χ0v) is 10.7. The highest BCUT2D eigenvalue weighted by Crippen LogP contribution is 2.25. The Morgan fingerprint density at radius 1 is 1.31 bits per heavy atom. The molecule has 0 heterocycles. The predicted molar refractivity (Wildman–Crippen MR) is 57.6 cm³/mol. The summed E-state index contributed by atoms with van der Waals surface area (Å²) < 4.78 is 2.68. The van der Waals surface area contributed by atoms with E-state index in [1.54, 1.807) is 5.48 Å². The number of hydroxylamine groups is 1. The first-order chi connectivity index (χ1) is 7.04. The number of aliphatic carboxylic acids is 1. The first kappa shape index (κ1) is 15.6. The summed E-state index contributed by atoms with van der Waals surface area (Å²) in [7, 11) is 0. The fraction of sp³-hybridized carbons (Fsp3) is 0.714. The average molecular weight is 295 g/mol. The molecule has 0 aromatic carbocycles. The minimum absolute atomic E-state index is 0.486. The first-order valence-corrected chi connectivity index (χ1v) is 5.09. The molecule has 0 aromatic rings. The number of amides is 1. The van der Waals surface area contributed by atoms with Crippen LogP contribution in [0.15, 0.2) is 0 Å². The standard InChI is InChI=1S/C7H10Cl3NO5/c1-6(2,4(12)13)16-11-5(14)15-3-7(8,9)10/h3H2,1-2H3,(H,11,14)(H,12,13). The third-order valence-electron chi connectivity index (χ3n) is 1.27. The number of carboxylic acid groups (broad SMARTS) is 1. The van der Waals surface area contributed by atoms with Gasteiger partial charge in [0, 0.05) is 0 Å². The summed E-state index contributed by atoms with van der Waals surface area (Å²) in [5, 5.41) is 8.63. The van der Waals surface area contributed by atoms with Crippen molar-refractivity contribution in [1.82, 2.24) is 5.48 Å². The topological polar surface area (TPSA) is 84.9 Å². The van der Waals surface area contributed by atoms with Crippen LogP contribution in [0.5, 0.6) is 0 Å². The molecule has 0 aliphatic heterocycles. The Morgan fingerprint density at radius 3 is 2.19 bits per heavy atom. The second kappa shape index (κ2) is 5.77. The lowest BCUT2D eigenvalue weighted by Crippen LogP contribution is -2.42. The molecule has 0 saturated heterocycles. The van der Waals surface area contributed by atoms with Gasteiger partial charge in [-0.05, 0) is 13.8 Å². The van der Waals surface area contributed by atoms with Crippen LogP contribution in [-0.4, -0.2) is 33.2 Å². The van der Waals surface area contributed by atoms with Crippen LogP contribution in [0.1, 0.15) is 13.8 Å². The molecule has 0 fully saturated rings. The summed E-state index contributed by atoms with van der Waals surface area (Å²) in [4.78, 5) is 26.1. The van der Waals surface area contributed by atoms with Crippen molar-refractivity contribution < 1.29 is 24.3 Å². The van der Waals surface area contributed by atoms with Crippen LogP contribution in [0, 0.1) is 0 Å². The number of carbonyl (C=O) groups is 2. The zero-order valence-electron chi connectivity index (χ0n) is 8.42. The Kier molecular flexibility index (Phi) is 5.61. The molecule has 0 bridgehead atoms. The largest absolute Gasteiger partial charge is 0.479 e. The van der Waals surface area contributed by atoms with Crippen LogP contribution in [-0.2, 0) is 14.4 Å². The smallest absolute Gasteiger partial charge is 0.431 e. The molecule has 1 amide bonds. The summed E-state index contributed by atoms with van der Waals surface area (Å²) in [6.45, 7) is 2.00. The van der Waals surface area contributed by atoms with E-state index in [1.165, 1.54) is 13.8 Å². The van der Waals surface area contributed by atoms with Gasteiger partial charge in [0.25, 0.3) is 0 Å². The Labute approximate surface area is 107 Å². The Hall–Kier alpha value is -0.430. The monoisotopic (exact) mass is 293 g/mol. The fourth-order valence-corrected chi connectivity index (χ4v) is 0.553. The summed E-state index contributed by atoms with van der Waals surface area (Å²) in [5.41, 5.74) is 0.175. The normalized spacial score (nSPS) is 12.1. The second-order valence-electron chi connectivity index (χ2n) is 3.21. The third-order valence-corrected chi connectivity index (χ3v) is 1.60. The van der Waals surface area contributed by atoms with Crippen LogP contribution >= 0.6 is 34.8 Å². The molecule has 2 N–H and O–H groups in total. The lowest BCUT2D eigenvalue weighted by atomic mass is 10.1. The number of nitrogens with one attached hydrogen (secondary N) is 1. The Morgan fingerprint density at radius 2 is 1.81 bits per heavy atom. The lowest BCUT2D eigenvalue weighted by Gasteiger charge is -2.19. The first-order valence-electron chi connectivity index (χ1n) is 3.95. The maximum absolute atomic E-state index is 10.9. The predicted octanol–water partition coefficient (Wildman–Crippen LogP) is 1.88. The van der Waals surface area contributed by atoms with Gasteiger partial charge in [0.1, 0.15) is 6.61 Å². The molecule has 0 saturated carbocycles. The molecule has 94 valence electrons. The number of rotatable bonds is 4. The number of carboxylic acids is 1. The summed E-state index contributed by atoms with van der Waals surface area (Å²) >= 11 is 15.9. The SMILES string of the molecule is CC(C)(ONC(=O)OCC(Cl)(Cl)Cl)C(=O)O. The molecule has 6 nitrogen and oxygen atoms in total. The molecule has 0 rings (SSSR count). The highest BCUT2D eigenvalue weighted by atomic mass is 35.6. The molecule has 0 spiro atoms. The van der Waals surface area contributed by atoms with E-state index in [-0.39, 0.29) is 0 Å². The third kappa shape index (κ3) is 6.95. The van der Waals surface area contributed by atoms with Crippen molar-refractivity contribution in [1.29, 1.82) is 0 Å². The minimum atomic E-state index is -1.74. The van der Waals surface area contributed by atoms with Gasteiger partial charge in [0.2, 0.25) is 3.79 Å². The Balaban J connectivity index is 3.96. The van der Waals surface area contributed by atoms with Crippen molar-refractivity contribution in [2.24, 2.45) is 0 Å². The molecule has 9 heteroatoms. The molecule has 0 aliphatic carbocycles. The number of carbonyl (C=O) groups excluding carboxylic acids is 1. The van der Waals surface area contributed by atoms with Gasteiger partial charge in [-0.25, -0.2) is 9.59 Å². The van der Waals surface area contributed by atoms with E-state index in [0.29, 0.717) is 0 Å². The minimum Gasteiger partial charge on any atom is -0.479 e. The van der Waals surface area contributed by atoms with Gasteiger partial charge in [-0.15, -0.1) is 0 Å². The van der Waals surface area contributed by atoms with Crippen LogP contribution in [0.4, 0.5) is 4.79 Å². The molecule has 0 unspecified atom stereocenters. The van der Waals surface area contributed by atoms with E-state index < -0.39 is 28.1 Å². The maximum Gasteiger partial charge on any atom is 0.431 e.